The van der Waals surface area contributed by atoms with Crippen molar-refractivity contribution in [2.75, 3.05) is 6.54 Å². The van der Waals surface area contributed by atoms with Crippen LogP contribution in [0.2, 0.25) is 0 Å². The molecule has 6 heteroatoms. The predicted molar refractivity (Wildman–Crippen MR) is 105 cm³/mol. The van der Waals surface area contributed by atoms with Crippen molar-refractivity contribution in [3.63, 3.8) is 0 Å². The molecule has 2 aromatic rings. The van der Waals surface area contributed by atoms with Crippen molar-refractivity contribution in [1.29, 1.82) is 0 Å². The van der Waals surface area contributed by atoms with Gasteiger partial charge in [0.05, 0.1) is 5.56 Å². The van der Waals surface area contributed by atoms with E-state index in [1.807, 2.05) is 29.2 Å². The average molecular weight is 380 g/mol. The SMILES string of the molecule is O=C(CCc1ccccc1C(=O)O)NCCCC(=O)N1Cc2ccccc2C1. The van der Waals surface area contributed by atoms with Gasteiger partial charge in [0.15, 0.2) is 0 Å². The van der Waals surface area contributed by atoms with Crippen molar-refractivity contribution in [3.8, 4) is 0 Å². The molecule has 0 atom stereocenters. The van der Waals surface area contributed by atoms with Gasteiger partial charge in [-0.2, -0.15) is 0 Å². The van der Waals surface area contributed by atoms with E-state index < -0.39 is 5.97 Å². The molecule has 1 aliphatic rings. The highest BCUT2D eigenvalue weighted by atomic mass is 16.4. The summed E-state index contributed by atoms with van der Waals surface area (Å²) in [7, 11) is 0. The zero-order chi connectivity index (χ0) is 19.9. The zero-order valence-electron chi connectivity index (χ0n) is 15.7. The number of carbonyl (C=O) groups excluding carboxylic acids is 2. The average Bonchev–Trinajstić information content (AvgIpc) is 3.14. The molecule has 0 bridgehead atoms. The van der Waals surface area contributed by atoms with Crippen molar-refractivity contribution in [2.45, 2.75) is 38.8 Å². The Morgan fingerprint density at radius 2 is 1.57 bits per heavy atom. The number of amides is 2. The van der Waals surface area contributed by atoms with Crippen molar-refractivity contribution < 1.29 is 19.5 Å². The number of carboxylic acids is 1. The molecule has 2 aromatic carbocycles. The maximum atomic E-state index is 12.3. The van der Waals surface area contributed by atoms with Gasteiger partial charge in [-0.1, -0.05) is 42.5 Å². The Kier molecular flexibility index (Phi) is 6.42. The van der Waals surface area contributed by atoms with Crippen LogP contribution in [0.25, 0.3) is 0 Å². The number of fused-ring (bicyclic) bond motifs is 1. The summed E-state index contributed by atoms with van der Waals surface area (Å²) in [5.41, 5.74) is 3.28. The molecule has 6 nitrogen and oxygen atoms in total. The summed E-state index contributed by atoms with van der Waals surface area (Å²) in [6.45, 7) is 1.75. The molecule has 0 saturated heterocycles. The van der Waals surface area contributed by atoms with Crippen molar-refractivity contribution in [1.82, 2.24) is 10.2 Å². The number of nitrogens with one attached hydrogen (secondary N) is 1. The first-order valence-corrected chi connectivity index (χ1v) is 9.47. The molecule has 0 radical (unpaired) electrons. The first kappa shape index (κ1) is 19.6. The van der Waals surface area contributed by atoms with Crippen LogP contribution in [0.4, 0.5) is 0 Å². The molecule has 3 rings (SSSR count). The lowest BCUT2D eigenvalue weighted by Gasteiger charge is -2.15. The van der Waals surface area contributed by atoms with Gasteiger partial charge in [0.1, 0.15) is 0 Å². The van der Waals surface area contributed by atoms with Gasteiger partial charge in [-0.15, -0.1) is 0 Å². The van der Waals surface area contributed by atoms with Gasteiger partial charge < -0.3 is 15.3 Å². The Balaban J connectivity index is 1.35. The van der Waals surface area contributed by atoms with E-state index in [4.69, 9.17) is 5.11 Å². The number of benzene rings is 2. The van der Waals surface area contributed by atoms with Gasteiger partial charge in [0.25, 0.3) is 0 Å². The van der Waals surface area contributed by atoms with Gasteiger partial charge >= 0.3 is 5.97 Å². The minimum Gasteiger partial charge on any atom is -0.478 e. The molecule has 0 saturated carbocycles. The van der Waals surface area contributed by atoms with E-state index in [0.717, 1.165) is 0 Å². The number of hydrogen-bond donors (Lipinski definition) is 2. The van der Waals surface area contributed by atoms with Gasteiger partial charge in [-0.3, -0.25) is 9.59 Å². The standard InChI is InChI=1S/C22H24N2O4/c25-20(12-11-16-6-3-4-9-19(16)22(27)28)23-13-5-10-21(26)24-14-17-7-1-2-8-18(17)15-24/h1-4,6-9H,5,10-15H2,(H,23,25)(H,27,28). The minimum atomic E-state index is -0.987. The summed E-state index contributed by atoms with van der Waals surface area (Å²) in [5, 5.41) is 12.0. The monoisotopic (exact) mass is 380 g/mol. The summed E-state index contributed by atoms with van der Waals surface area (Å²) < 4.78 is 0. The maximum Gasteiger partial charge on any atom is 0.335 e. The normalized spacial score (nSPS) is 12.5. The van der Waals surface area contributed by atoms with Crippen LogP contribution in [0.5, 0.6) is 0 Å². The summed E-state index contributed by atoms with van der Waals surface area (Å²) in [6, 6.07) is 14.8. The summed E-state index contributed by atoms with van der Waals surface area (Å²) in [4.78, 5) is 37.3. The van der Waals surface area contributed by atoms with Crippen molar-refractivity contribution in [2.24, 2.45) is 0 Å². The molecule has 0 spiro atoms. The fraction of sp³-hybridized carbons (Fsp3) is 0.318. The third-order valence-electron chi connectivity index (χ3n) is 4.95. The van der Waals surface area contributed by atoms with Crippen molar-refractivity contribution >= 4 is 17.8 Å². The Bertz CT molecular complexity index is 853. The number of carboxylic acid groups (broad SMARTS) is 1. The van der Waals surface area contributed by atoms with E-state index in [1.54, 1.807) is 18.2 Å². The van der Waals surface area contributed by atoms with Crippen LogP contribution in [-0.2, 0) is 29.1 Å². The van der Waals surface area contributed by atoms with Crippen LogP contribution >= 0.6 is 0 Å². The highest BCUT2D eigenvalue weighted by Gasteiger charge is 2.22. The maximum absolute atomic E-state index is 12.3. The highest BCUT2D eigenvalue weighted by molar-refractivity contribution is 5.89. The van der Waals surface area contributed by atoms with Gasteiger partial charge in [0.2, 0.25) is 11.8 Å². The molecule has 0 fully saturated rings. The largest absolute Gasteiger partial charge is 0.478 e. The third kappa shape index (κ3) is 4.97. The zero-order valence-corrected chi connectivity index (χ0v) is 15.7. The molecular formula is C22H24N2O4. The second-order valence-electron chi connectivity index (χ2n) is 6.93. The molecule has 0 aromatic heterocycles. The van der Waals surface area contributed by atoms with Crippen LogP contribution in [0, 0.1) is 0 Å². The minimum absolute atomic E-state index is 0.0980. The summed E-state index contributed by atoms with van der Waals surface area (Å²) in [5.74, 6) is -1.03. The fourth-order valence-corrected chi connectivity index (χ4v) is 3.42. The van der Waals surface area contributed by atoms with Crippen LogP contribution in [0.3, 0.4) is 0 Å². The molecule has 1 aliphatic heterocycles. The Labute approximate surface area is 164 Å². The summed E-state index contributed by atoms with van der Waals surface area (Å²) >= 11 is 0. The quantitative estimate of drug-likeness (QED) is 0.690. The number of rotatable bonds is 8. The van der Waals surface area contributed by atoms with E-state index in [2.05, 4.69) is 5.32 Å². The smallest absolute Gasteiger partial charge is 0.335 e. The number of hydrogen-bond acceptors (Lipinski definition) is 3. The molecule has 2 amide bonds. The lowest BCUT2D eigenvalue weighted by Crippen LogP contribution is -2.28. The number of nitrogens with zero attached hydrogens (tertiary/aromatic N) is 1. The van der Waals surface area contributed by atoms with E-state index in [0.29, 0.717) is 44.5 Å². The Hall–Kier alpha value is -3.15. The third-order valence-corrected chi connectivity index (χ3v) is 4.95. The molecule has 28 heavy (non-hydrogen) atoms. The van der Waals surface area contributed by atoms with Crippen LogP contribution in [-0.4, -0.2) is 34.3 Å². The van der Waals surface area contributed by atoms with Crippen LogP contribution < -0.4 is 5.32 Å². The lowest BCUT2D eigenvalue weighted by molar-refractivity contribution is -0.132. The number of aryl methyl sites for hydroxylation is 1. The fourth-order valence-electron chi connectivity index (χ4n) is 3.42. The molecule has 0 aliphatic carbocycles. The number of carbonyl (C=O) groups is 3. The molecule has 2 N–H and O–H groups in total. The first-order chi connectivity index (χ1) is 13.5. The second-order valence-corrected chi connectivity index (χ2v) is 6.93. The van der Waals surface area contributed by atoms with E-state index in [-0.39, 0.29) is 23.8 Å². The van der Waals surface area contributed by atoms with Gasteiger partial charge in [-0.25, -0.2) is 4.79 Å². The molecule has 0 unspecified atom stereocenters. The molecule has 1 heterocycles. The second kappa shape index (κ2) is 9.17. The Morgan fingerprint density at radius 3 is 2.25 bits per heavy atom. The van der Waals surface area contributed by atoms with Crippen LogP contribution in [0.15, 0.2) is 48.5 Å². The van der Waals surface area contributed by atoms with E-state index >= 15 is 0 Å². The number of aromatic carboxylic acids is 1. The predicted octanol–water partition coefficient (Wildman–Crippen LogP) is 2.76. The first-order valence-electron chi connectivity index (χ1n) is 9.47. The summed E-state index contributed by atoms with van der Waals surface area (Å²) in [6.07, 6.45) is 1.58. The highest BCUT2D eigenvalue weighted by Crippen LogP contribution is 2.22. The Morgan fingerprint density at radius 1 is 0.929 bits per heavy atom. The van der Waals surface area contributed by atoms with E-state index in [9.17, 15) is 14.4 Å². The molecule has 146 valence electrons. The lowest BCUT2D eigenvalue weighted by atomic mass is 10.0. The van der Waals surface area contributed by atoms with Gasteiger partial charge in [0, 0.05) is 32.5 Å². The van der Waals surface area contributed by atoms with Crippen molar-refractivity contribution in [3.05, 3.63) is 70.8 Å². The van der Waals surface area contributed by atoms with Gasteiger partial charge in [-0.05, 0) is 35.6 Å². The molecular weight excluding hydrogens is 356 g/mol. The van der Waals surface area contributed by atoms with E-state index in [1.165, 1.54) is 17.2 Å². The topological polar surface area (TPSA) is 86.7 Å². The van der Waals surface area contributed by atoms with Crippen LogP contribution in [0.1, 0.15) is 46.3 Å².